The Morgan fingerprint density at radius 2 is 1.79 bits per heavy atom. The first-order valence-electron chi connectivity index (χ1n) is 8.94. The number of carbonyl (C=O) groups is 1. The van der Waals surface area contributed by atoms with Crippen LogP contribution in [0.3, 0.4) is 0 Å². The largest absolute Gasteiger partial charge is 0.348 e. The quantitative estimate of drug-likeness (QED) is 0.646. The topological polar surface area (TPSA) is 80.2 Å². The molecule has 1 heterocycles. The lowest BCUT2D eigenvalue weighted by Gasteiger charge is -2.11. The van der Waals surface area contributed by atoms with Crippen LogP contribution in [0, 0.1) is 19.7 Å². The van der Waals surface area contributed by atoms with Gasteiger partial charge in [-0.25, -0.2) is 12.8 Å². The molecule has 29 heavy (non-hydrogen) atoms. The van der Waals surface area contributed by atoms with Crippen molar-refractivity contribution in [3.63, 3.8) is 0 Å². The number of rotatable bonds is 6. The minimum absolute atomic E-state index is 0.224. The molecule has 2 aromatic carbocycles. The lowest BCUT2D eigenvalue weighted by atomic mass is 10.2. The second kappa shape index (κ2) is 8.08. The van der Waals surface area contributed by atoms with E-state index in [0.29, 0.717) is 22.6 Å². The van der Waals surface area contributed by atoms with Crippen LogP contribution in [0.2, 0.25) is 0 Å². The first-order valence-corrected chi connectivity index (χ1v) is 10.8. The minimum Gasteiger partial charge on any atom is -0.348 e. The third-order valence-corrected chi connectivity index (χ3v) is 5.06. The van der Waals surface area contributed by atoms with Crippen molar-refractivity contribution in [1.29, 1.82) is 0 Å². The third kappa shape index (κ3) is 4.83. The molecule has 6 nitrogen and oxygen atoms in total. The van der Waals surface area contributed by atoms with Gasteiger partial charge in [-0.3, -0.25) is 9.52 Å². The highest BCUT2D eigenvalue weighted by atomic mass is 32.2. The van der Waals surface area contributed by atoms with Gasteiger partial charge in [-0.1, -0.05) is 24.3 Å². The third-order valence-electron chi connectivity index (χ3n) is 4.45. The van der Waals surface area contributed by atoms with Crippen molar-refractivity contribution in [3.8, 4) is 5.69 Å². The van der Waals surface area contributed by atoms with Crippen LogP contribution in [-0.2, 0) is 16.6 Å². The molecular weight excluding hydrogens is 393 g/mol. The molecule has 0 unspecified atom stereocenters. The molecule has 0 aliphatic heterocycles. The Balaban J connectivity index is 1.78. The monoisotopic (exact) mass is 415 g/mol. The summed E-state index contributed by atoms with van der Waals surface area (Å²) in [6.45, 7) is 3.81. The van der Waals surface area contributed by atoms with Crippen molar-refractivity contribution in [2.75, 3.05) is 11.0 Å². The van der Waals surface area contributed by atoms with Gasteiger partial charge in [-0.15, -0.1) is 0 Å². The Morgan fingerprint density at radius 1 is 1.07 bits per heavy atom. The zero-order valence-electron chi connectivity index (χ0n) is 16.4. The van der Waals surface area contributed by atoms with E-state index in [1.807, 2.05) is 6.92 Å². The summed E-state index contributed by atoms with van der Waals surface area (Å²) >= 11 is 0. The predicted octanol–water partition coefficient (Wildman–Crippen LogP) is 3.53. The van der Waals surface area contributed by atoms with Crippen LogP contribution in [0.15, 0.2) is 54.6 Å². The first kappa shape index (κ1) is 20.6. The zero-order chi connectivity index (χ0) is 21.2. The maximum atomic E-state index is 14.2. The fraction of sp³-hybridized carbons (Fsp3) is 0.190. The lowest BCUT2D eigenvalue weighted by molar-refractivity contribution is 0.0950. The molecule has 0 bridgehead atoms. The maximum Gasteiger partial charge on any atom is 0.253 e. The van der Waals surface area contributed by atoms with Gasteiger partial charge in [-0.05, 0) is 49.7 Å². The van der Waals surface area contributed by atoms with E-state index in [4.69, 9.17) is 0 Å². The van der Waals surface area contributed by atoms with Gasteiger partial charge in [0.05, 0.1) is 17.5 Å². The Morgan fingerprint density at radius 3 is 2.48 bits per heavy atom. The Kier molecular flexibility index (Phi) is 5.74. The van der Waals surface area contributed by atoms with Crippen molar-refractivity contribution < 1.29 is 17.6 Å². The van der Waals surface area contributed by atoms with Crippen LogP contribution in [-0.4, -0.2) is 25.1 Å². The summed E-state index contributed by atoms with van der Waals surface area (Å²) in [6.07, 6.45) is 1.08. The molecule has 0 saturated heterocycles. The number of benzene rings is 2. The number of aryl methyl sites for hydroxylation is 1. The second-order valence-corrected chi connectivity index (χ2v) is 8.58. The number of amides is 1. The van der Waals surface area contributed by atoms with E-state index in [1.165, 1.54) is 6.07 Å². The van der Waals surface area contributed by atoms with E-state index in [1.54, 1.807) is 60.0 Å². The molecule has 1 amide bonds. The molecule has 0 radical (unpaired) electrons. The second-order valence-electron chi connectivity index (χ2n) is 6.83. The van der Waals surface area contributed by atoms with Gasteiger partial charge >= 0.3 is 0 Å². The number of anilines is 1. The van der Waals surface area contributed by atoms with Crippen molar-refractivity contribution in [2.24, 2.45) is 0 Å². The summed E-state index contributed by atoms with van der Waals surface area (Å²) < 4.78 is 41.0. The van der Waals surface area contributed by atoms with Gasteiger partial charge in [0.2, 0.25) is 10.0 Å². The van der Waals surface area contributed by atoms with E-state index in [9.17, 15) is 17.6 Å². The highest BCUT2D eigenvalue weighted by molar-refractivity contribution is 7.92. The predicted molar refractivity (Wildman–Crippen MR) is 111 cm³/mol. The van der Waals surface area contributed by atoms with E-state index >= 15 is 0 Å². The normalized spacial score (nSPS) is 11.3. The fourth-order valence-electron chi connectivity index (χ4n) is 3.23. The van der Waals surface area contributed by atoms with Crippen molar-refractivity contribution in [1.82, 2.24) is 9.88 Å². The van der Waals surface area contributed by atoms with Crippen molar-refractivity contribution >= 4 is 21.6 Å². The van der Waals surface area contributed by atoms with Gasteiger partial charge in [0.15, 0.2) is 0 Å². The van der Waals surface area contributed by atoms with Crippen LogP contribution in [0.25, 0.3) is 5.69 Å². The smallest absolute Gasteiger partial charge is 0.253 e. The van der Waals surface area contributed by atoms with E-state index < -0.39 is 10.0 Å². The summed E-state index contributed by atoms with van der Waals surface area (Å²) in [6, 6.07) is 14.9. The van der Waals surface area contributed by atoms with Gasteiger partial charge in [0, 0.05) is 23.6 Å². The number of para-hydroxylation sites is 1. The van der Waals surface area contributed by atoms with Gasteiger partial charge < -0.3 is 9.88 Å². The standard InChI is InChI=1S/C21H22FN3O3S/c1-14-11-18(15(2)25(14)20-10-5-4-9-19(20)22)21(26)23-13-16-7-6-8-17(12-16)24-29(3,27)28/h4-12,24H,13H2,1-3H3,(H,23,26). The van der Waals surface area contributed by atoms with Gasteiger partial charge in [0.25, 0.3) is 5.91 Å². The molecule has 0 saturated carbocycles. The molecule has 3 aromatic rings. The first-order chi connectivity index (χ1) is 13.7. The molecule has 0 fully saturated rings. The lowest BCUT2D eigenvalue weighted by Crippen LogP contribution is -2.23. The highest BCUT2D eigenvalue weighted by Crippen LogP contribution is 2.23. The Bertz CT molecular complexity index is 1170. The van der Waals surface area contributed by atoms with Crippen LogP contribution in [0.1, 0.15) is 27.3 Å². The summed E-state index contributed by atoms with van der Waals surface area (Å²) in [7, 11) is -3.38. The average Bonchev–Trinajstić information content (AvgIpc) is 2.94. The Hall–Kier alpha value is -3.13. The van der Waals surface area contributed by atoms with Crippen LogP contribution < -0.4 is 10.0 Å². The molecular formula is C21H22FN3O3S. The molecule has 152 valence electrons. The molecule has 0 aliphatic carbocycles. The van der Waals surface area contributed by atoms with E-state index in [-0.39, 0.29) is 18.3 Å². The minimum atomic E-state index is -3.38. The zero-order valence-corrected chi connectivity index (χ0v) is 17.2. The summed E-state index contributed by atoms with van der Waals surface area (Å²) in [5.74, 6) is -0.654. The number of carbonyl (C=O) groups excluding carboxylic acids is 1. The number of nitrogens with one attached hydrogen (secondary N) is 2. The van der Waals surface area contributed by atoms with E-state index in [2.05, 4.69) is 10.0 Å². The summed E-state index contributed by atoms with van der Waals surface area (Å²) in [5, 5.41) is 2.83. The van der Waals surface area contributed by atoms with E-state index in [0.717, 1.165) is 17.5 Å². The van der Waals surface area contributed by atoms with Crippen LogP contribution in [0.5, 0.6) is 0 Å². The SMILES string of the molecule is Cc1cc(C(=O)NCc2cccc(NS(C)(=O)=O)c2)c(C)n1-c1ccccc1F. The number of hydrogen-bond acceptors (Lipinski definition) is 3. The molecule has 2 N–H and O–H groups in total. The maximum absolute atomic E-state index is 14.2. The molecule has 0 aliphatic rings. The molecule has 0 atom stereocenters. The van der Waals surface area contributed by atoms with Crippen LogP contribution in [0.4, 0.5) is 10.1 Å². The molecule has 3 rings (SSSR count). The average molecular weight is 415 g/mol. The number of sulfonamides is 1. The number of nitrogens with zero attached hydrogens (tertiary/aromatic N) is 1. The molecule has 8 heteroatoms. The number of hydrogen-bond donors (Lipinski definition) is 2. The number of aromatic nitrogens is 1. The Labute approximate surface area is 169 Å². The summed E-state index contributed by atoms with van der Waals surface area (Å²) in [4.78, 5) is 12.7. The fourth-order valence-corrected chi connectivity index (χ4v) is 3.79. The molecule has 1 aromatic heterocycles. The van der Waals surface area contributed by atoms with Crippen LogP contribution >= 0.6 is 0 Å². The number of halogens is 1. The highest BCUT2D eigenvalue weighted by Gasteiger charge is 2.18. The van der Waals surface area contributed by atoms with Crippen molar-refractivity contribution in [2.45, 2.75) is 20.4 Å². The molecule has 0 spiro atoms. The van der Waals surface area contributed by atoms with Gasteiger partial charge in [0.1, 0.15) is 5.82 Å². The summed E-state index contributed by atoms with van der Waals surface area (Å²) in [5.41, 5.74) is 3.40. The van der Waals surface area contributed by atoms with Gasteiger partial charge in [-0.2, -0.15) is 0 Å². The van der Waals surface area contributed by atoms with Crippen molar-refractivity contribution in [3.05, 3.63) is 82.9 Å².